The number of hydrogen-bond donors (Lipinski definition) is 2. The number of nitrogen functional groups attached to an aromatic ring is 1. The maximum absolute atomic E-state index is 12.1. The van der Waals surface area contributed by atoms with E-state index in [4.69, 9.17) is 17.3 Å². The lowest BCUT2D eigenvalue weighted by Crippen LogP contribution is -2.12. The van der Waals surface area contributed by atoms with E-state index >= 15 is 0 Å². The van der Waals surface area contributed by atoms with Gasteiger partial charge in [-0.25, -0.2) is 0 Å². The summed E-state index contributed by atoms with van der Waals surface area (Å²) in [4.78, 5) is 22.3. The van der Waals surface area contributed by atoms with E-state index in [2.05, 4.69) is 21.2 Å². The highest BCUT2D eigenvalue weighted by atomic mass is 79.9. The summed E-state index contributed by atoms with van der Waals surface area (Å²) in [6, 6.07) is 9.28. The van der Waals surface area contributed by atoms with Gasteiger partial charge < -0.3 is 11.1 Å². The van der Waals surface area contributed by atoms with Crippen molar-refractivity contribution in [3.8, 4) is 0 Å². The van der Waals surface area contributed by atoms with Gasteiger partial charge in [0.15, 0.2) is 0 Å². The molecule has 0 radical (unpaired) electrons. The van der Waals surface area contributed by atoms with Gasteiger partial charge in [0.2, 0.25) is 0 Å². The van der Waals surface area contributed by atoms with Crippen molar-refractivity contribution < 1.29 is 9.72 Å². The van der Waals surface area contributed by atoms with Gasteiger partial charge in [0.25, 0.3) is 11.6 Å². The summed E-state index contributed by atoms with van der Waals surface area (Å²) in [7, 11) is 0. The van der Waals surface area contributed by atoms with Gasteiger partial charge in [0.05, 0.1) is 9.95 Å². The molecule has 0 unspecified atom stereocenters. The van der Waals surface area contributed by atoms with Crippen LogP contribution in [0.5, 0.6) is 0 Å². The fourth-order valence-electron chi connectivity index (χ4n) is 1.62. The molecular weight excluding hydrogens is 362 g/mol. The first-order valence-corrected chi connectivity index (χ1v) is 6.86. The van der Waals surface area contributed by atoms with Crippen molar-refractivity contribution in [3.05, 3.63) is 61.6 Å². The van der Waals surface area contributed by atoms with Gasteiger partial charge in [0, 0.05) is 21.8 Å². The Balaban J connectivity index is 2.31. The quantitative estimate of drug-likeness (QED) is 0.487. The van der Waals surface area contributed by atoms with Crippen LogP contribution < -0.4 is 11.1 Å². The standard InChI is InChI=1S/C13H9BrClN3O3/c14-8-1-3-9(4-2-8)17-13(19)7-5-10(15)12(16)11(6-7)18(20)21/h1-6H,16H2,(H,17,19). The number of benzene rings is 2. The number of nitrogens with one attached hydrogen (secondary N) is 1. The highest BCUT2D eigenvalue weighted by Crippen LogP contribution is 2.31. The molecule has 1 amide bonds. The first-order valence-electron chi connectivity index (χ1n) is 5.69. The number of rotatable bonds is 3. The SMILES string of the molecule is Nc1c(Cl)cc(C(=O)Nc2ccc(Br)cc2)cc1[N+](=O)[O-]. The number of nitrogens with two attached hydrogens (primary N) is 1. The van der Waals surface area contributed by atoms with Crippen molar-refractivity contribution in [2.45, 2.75) is 0 Å². The first-order chi connectivity index (χ1) is 9.88. The molecule has 6 nitrogen and oxygen atoms in total. The summed E-state index contributed by atoms with van der Waals surface area (Å²) in [5.41, 5.74) is 5.56. The molecule has 0 fully saturated rings. The summed E-state index contributed by atoms with van der Waals surface area (Å²) < 4.78 is 0.867. The van der Waals surface area contributed by atoms with E-state index in [0.29, 0.717) is 5.69 Å². The van der Waals surface area contributed by atoms with Crippen LogP contribution >= 0.6 is 27.5 Å². The maximum Gasteiger partial charge on any atom is 0.294 e. The van der Waals surface area contributed by atoms with Gasteiger partial charge in [-0.3, -0.25) is 14.9 Å². The zero-order chi connectivity index (χ0) is 15.6. The molecule has 0 heterocycles. The minimum Gasteiger partial charge on any atom is -0.392 e. The summed E-state index contributed by atoms with van der Waals surface area (Å²) >= 11 is 9.10. The third-order valence-electron chi connectivity index (χ3n) is 2.67. The largest absolute Gasteiger partial charge is 0.392 e. The zero-order valence-corrected chi connectivity index (χ0v) is 12.8. The van der Waals surface area contributed by atoms with Crippen LogP contribution in [0.25, 0.3) is 0 Å². The Morgan fingerprint density at radius 3 is 2.48 bits per heavy atom. The first kappa shape index (κ1) is 15.3. The minimum absolute atomic E-state index is 0.0369. The van der Waals surface area contributed by atoms with Crippen molar-refractivity contribution in [1.29, 1.82) is 0 Å². The molecule has 0 aliphatic carbocycles. The minimum atomic E-state index is -0.683. The number of nitro groups is 1. The van der Waals surface area contributed by atoms with Gasteiger partial charge in [-0.05, 0) is 30.3 Å². The molecule has 0 aromatic heterocycles. The van der Waals surface area contributed by atoms with Crippen molar-refractivity contribution in [2.24, 2.45) is 0 Å². The third kappa shape index (κ3) is 3.50. The molecular formula is C13H9BrClN3O3. The zero-order valence-electron chi connectivity index (χ0n) is 10.5. The molecule has 2 aromatic carbocycles. The number of nitrogens with zero attached hydrogens (tertiary/aromatic N) is 1. The lowest BCUT2D eigenvalue weighted by Gasteiger charge is -2.07. The molecule has 2 rings (SSSR count). The second kappa shape index (κ2) is 6.11. The Morgan fingerprint density at radius 2 is 1.90 bits per heavy atom. The summed E-state index contributed by atoms with van der Waals surface area (Å²) in [5.74, 6) is -0.512. The molecule has 0 saturated carbocycles. The van der Waals surface area contributed by atoms with E-state index in [9.17, 15) is 14.9 Å². The Kier molecular flexibility index (Phi) is 4.44. The van der Waals surface area contributed by atoms with E-state index in [1.54, 1.807) is 24.3 Å². The molecule has 0 saturated heterocycles. The van der Waals surface area contributed by atoms with Crippen LogP contribution in [0.3, 0.4) is 0 Å². The molecule has 2 aromatic rings. The summed E-state index contributed by atoms with van der Waals surface area (Å²) in [6.07, 6.45) is 0. The number of carbonyl (C=O) groups is 1. The number of anilines is 2. The predicted octanol–water partition coefficient (Wildman–Crippen LogP) is 3.85. The Labute approximate surface area is 133 Å². The molecule has 0 atom stereocenters. The average Bonchev–Trinajstić information content (AvgIpc) is 2.43. The van der Waals surface area contributed by atoms with Crippen molar-refractivity contribution in [2.75, 3.05) is 11.1 Å². The topological polar surface area (TPSA) is 98.3 Å². The van der Waals surface area contributed by atoms with Gasteiger partial charge in [0.1, 0.15) is 5.69 Å². The molecule has 0 aliphatic rings. The van der Waals surface area contributed by atoms with Crippen LogP contribution in [0.2, 0.25) is 5.02 Å². The van der Waals surface area contributed by atoms with E-state index in [1.165, 1.54) is 6.07 Å². The van der Waals surface area contributed by atoms with Gasteiger partial charge in [-0.1, -0.05) is 27.5 Å². The van der Waals surface area contributed by atoms with Crippen molar-refractivity contribution in [3.63, 3.8) is 0 Å². The molecule has 0 spiro atoms. The van der Waals surface area contributed by atoms with E-state index in [-0.39, 0.29) is 16.3 Å². The van der Waals surface area contributed by atoms with Crippen LogP contribution in [0.1, 0.15) is 10.4 Å². The second-order valence-corrected chi connectivity index (χ2v) is 5.43. The van der Waals surface area contributed by atoms with Gasteiger partial charge >= 0.3 is 0 Å². The van der Waals surface area contributed by atoms with Crippen molar-refractivity contribution in [1.82, 2.24) is 0 Å². The highest BCUT2D eigenvalue weighted by molar-refractivity contribution is 9.10. The number of amides is 1. The maximum atomic E-state index is 12.1. The Bertz CT molecular complexity index is 719. The number of nitro benzene ring substituents is 1. The lowest BCUT2D eigenvalue weighted by molar-refractivity contribution is -0.383. The lowest BCUT2D eigenvalue weighted by atomic mass is 10.1. The molecule has 8 heteroatoms. The fourth-order valence-corrected chi connectivity index (χ4v) is 2.10. The summed E-state index contributed by atoms with van der Waals surface area (Å²) in [5, 5.41) is 13.5. The Hall–Kier alpha value is -2.12. The van der Waals surface area contributed by atoms with Crippen LogP contribution in [0, 0.1) is 10.1 Å². The van der Waals surface area contributed by atoms with E-state index in [0.717, 1.165) is 10.5 Å². The van der Waals surface area contributed by atoms with E-state index < -0.39 is 16.5 Å². The van der Waals surface area contributed by atoms with Gasteiger partial charge in [-0.2, -0.15) is 0 Å². The molecule has 3 N–H and O–H groups in total. The Morgan fingerprint density at radius 1 is 1.29 bits per heavy atom. The number of hydrogen-bond acceptors (Lipinski definition) is 4. The highest BCUT2D eigenvalue weighted by Gasteiger charge is 2.19. The molecule has 108 valence electrons. The predicted molar refractivity (Wildman–Crippen MR) is 84.6 cm³/mol. The van der Waals surface area contributed by atoms with E-state index in [1.807, 2.05) is 0 Å². The van der Waals surface area contributed by atoms with Gasteiger partial charge in [-0.15, -0.1) is 0 Å². The van der Waals surface area contributed by atoms with Crippen LogP contribution in [-0.2, 0) is 0 Å². The van der Waals surface area contributed by atoms with Crippen LogP contribution in [0.4, 0.5) is 17.1 Å². The number of carbonyl (C=O) groups excluding carboxylic acids is 1. The molecule has 0 bridgehead atoms. The molecule has 0 aliphatic heterocycles. The normalized spacial score (nSPS) is 10.2. The third-order valence-corrected chi connectivity index (χ3v) is 3.51. The van der Waals surface area contributed by atoms with Crippen LogP contribution in [0.15, 0.2) is 40.9 Å². The number of halogens is 2. The smallest absolute Gasteiger partial charge is 0.294 e. The van der Waals surface area contributed by atoms with Crippen LogP contribution in [-0.4, -0.2) is 10.8 Å². The molecule has 21 heavy (non-hydrogen) atoms. The fraction of sp³-hybridized carbons (Fsp3) is 0. The monoisotopic (exact) mass is 369 g/mol. The second-order valence-electron chi connectivity index (χ2n) is 4.11. The van der Waals surface area contributed by atoms with Crippen molar-refractivity contribution >= 4 is 50.5 Å². The average molecular weight is 371 g/mol. The summed E-state index contributed by atoms with van der Waals surface area (Å²) in [6.45, 7) is 0.